The molecule has 1 heterocycles. The molecule has 0 radical (unpaired) electrons. The fraction of sp³-hybridized carbons (Fsp3) is 0.231. The fourth-order valence-corrected chi connectivity index (χ4v) is 1.93. The Morgan fingerprint density at radius 3 is 2.79 bits per heavy atom. The Morgan fingerprint density at radius 2 is 2.05 bits per heavy atom. The van der Waals surface area contributed by atoms with Gasteiger partial charge in [0.05, 0.1) is 16.9 Å². The van der Waals surface area contributed by atoms with Crippen LogP contribution in [-0.2, 0) is 0 Å². The average Bonchev–Trinajstić information content (AvgIpc) is 2.41. The van der Waals surface area contributed by atoms with Gasteiger partial charge < -0.3 is 16.8 Å². The lowest BCUT2D eigenvalue weighted by atomic mass is 10.1. The number of nitrogen functional groups attached to an aromatic ring is 1. The number of anilines is 2. The van der Waals surface area contributed by atoms with Gasteiger partial charge in [-0.2, -0.15) is 0 Å². The van der Waals surface area contributed by atoms with Crippen molar-refractivity contribution in [1.29, 1.82) is 0 Å². The van der Waals surface area contributed by atoms with Crippen molar-refractivity contribution in [3.8, 4) is 11.3 Å². The molecule has 0 bridgehead atoms. The molecule has 2 rings (SSSR count). The first-order valence-electron chi connectivity index (χ1n) is 6.03. The molecular formula is C13H16ClN5. The molecule has 0 aliphatic carbocycles. The van der Waals surface area contributed by atoms with Gasteiger partial charge in [-0.05, 0) is 19.0 Å². The number of benzene rings is 1. The summed E-state index contributed by atoms with van der Waals surface area (Å²) in [5.74, 6) is 0.222. The Hall–Kier alpha value is -1.85. The van der Waals surface area contributed by atoms with Crippen LogP contribution in [0.15, 0.2) is 30.5 Å². The van der Waals surface area contributed by atoms with Crippen LogP contribution in [0.1, 0.15) is 6.42 Å². The number of hydrogen-bond donors (Lipinski definition) is 3. The molecule has 0 spiro atoms. The molecule has 0 atom stereocenters. The quantitative estimate of drug-likeness (QED) is 0.729. The lowest BCUT2D eigenvalue weighted by molar-refractivity contribution is 0.873. The maximum absolute atomic E-state index is 6.20. The van der Waals surface area contributed by atoms with Crippen molar-refractivity contribution < 1.29 is 0 Å². The fourth-order valence-electron chi connectivity index (χ4n) is 1.71. The first-order valence-corrected chi connectivity index (χ1v) is 6.41. The maximum Gasteiger partial charge on any atom is 0.220 e. The summed E-state index contributed by atoms with van der Waals surface area (Å²) in [4.78, 5) is 8.27. The number of halogens is 1. The Labute approximate surface area is 117 Å². The highest BCUT2D eigenvalue weighted by molar-refractivity contribution is 6.33. The zero-order chi connectivity index (χ0) is 13.7. The normalized spacial score (nSPS) is 10.4. The predicted octanol–water partition coefficient (Wildman–Crippen LogP) is 2.14. The summed E-state index contributed by atoms with van der Waals surface area (Å²) < 4.78 is 0. The number of nitrogens with two attached hydrogens (primary N) is 2. The Balaban J connectivity index is 2.37. The van der Waals surface area contributed by atoms with Crippen molar-refractivity contribution in [2.75, 3.05) is 24.1 Å². The van der Waals surface area contributed by atoms with E-state index in [-0.39, 0.29) is 5.95 Å². The molecule has 5 nitrogen and oxygen atoms in total. The van der Waals surface area contributed by atoms with Gasteiger partial charge in [0.25, 0.3) is 0 Å². The molecule has 0 fully saturated rings. The highest BCUT2D eigenvalue weighted by Gasteiger charge is 2.11. The number of rotatable bonds is 5. The van der Waals surface area contributed by atoms with E-state index >= 15 is 0 Å². The van der Waals surface area contributed by atoms with Crippen molar-refractivity contribution in [2.24, 2.45) is 5.73 Å². The van der Waals surface area contributed by atoms with Crippen LogP contribution in [0, 0.1) is 0 Å². The third-order valence-electron chi connectivity index (χ3n) is 2.63. The van der Waals surface area contributed by atoms with E-state index in [0.29, 0.717) is 17.3 Å². The molecule has 19 heavy (non-hydrogen) atoms. The van der Waals surface area contributed by atoms with Gasteiger partial charge in [-0.15, -0.1) is 0 Å². The van der Waals surface area contributed by atoms with Crippen LogP contribution < -0.4 is 16.8 Å². The molecule has 0 saturated carbocycles. The summed E-state index contributed by atoms with van der Waals surface area (Å²) in [5, 5.41) is 3.88. The van der Waals surface area contributed by atoms with Crippen LogP contribution in [-0.4, -0.2) is 23.1 Å². The Kier molecular flexibility index (Phi) is 4.54. The summed E-state index contributed by atoms with van der Waals surface area (Å²) in [6.07, 6.45) is 2.53. The molecule has 0 aliphatic heterocycles. The SMILES string of the molecule is NCCCNc1cnc(N)nc1-c1ccccc1Cl. The van der Waals surface area contributed by atoms with Gasteiger partial charge in [0, 0.05) is 12.1 Å². The highest BCUT2D eigenvalue weighted by Crippen LogP contribution is 2.31. The summed E-state index contributed by atoms with van der Waals surface area (Å²) in [5.41, 5.74) is 13.5. The van der Waals surface area contributed by atoms with Crippen molar-refractivity contribution in [3.05, 3.63) is 35.5 Å². The monoisotopic (exact) mass is 277 g/mol. The minimum Gasteiger partial charge on any atom is -0.382 e. The second kappa shape index (κ2) is 6.36. The first-order chi connectivity index (χ1) is 9.22. The van der Waals surface area contributed by atoms with Crippen LogP contribution in [0.3, 0.4) is 0 Å². The van der Waals surface area contributed by atoms with Crippen LogP contribution in [0.5, 0.6) is 0 Å². The maximum atomic E-state index is 6.20. The lowest BCUT2D eigenvalue weighted by Crippen LogP contribution is -2.10. The van der Waals surface area contributed by atoms with Gasteiger partial charge in [0.1, 0.15) is 5.69 Å². The molecule has 5 N–H and O–H groups in total. The molecule has 6 heteroatoms. The summed E-state index contributed by atoms with van der Waals surface area (Å²) in [6, 6.07) is 7.50. The van der Waals surface area contributed by atoms with Crippen molar-refractivity contribution in [1.82, 2.24) is 9.97 Å². The minimum absolute atomic E-state index is 0.222. The van der Waals surface area contributed by atoms with Gasteiger partial charge in [0.2, 0.25) is 5.95 Å². The van der Waals surface area contributed by atoms with Gasteiger partial charge in [-0.25, -0.2) is 9.97 Å². The minimum atomic E-state index is 0.222. The number of nitrogens with one attached hydrogen (secondary N) is 1. The molecule has 0 amide bonds. The van der Waals surface area contributed by atoms with Crippen LogP contribution >= 0.6 is 11.6 Å². The Bertz CT molecular complexity index is 558. The lowest BCUT2D eigenvalue weighted by Gasteiger charge is -2.12. The van der Waals surface area contributed by atoms with E-state index in [0.717, 1.165) is 24.2 Å². The number of nitrogens with zero attached hydrogens (tertiary/aromatic N) is 2. The summed E-state index contributed by atoms with van der Waals surface area (Å²) in [6.45, 7) is 1.38. The van der Waals surface area contributed by atoms with Crippen molar-refractivity contribution in [2.45, 2.75) is 6.42 Å². The summed E-state index contributed by atoms with van der Waals surface area (Å²) >= 11 is 6.20. The van der Waals surface area contributed by atoms with Crippen molar-refractivity contribution >= 4 is 23.2 Å². The smallest absolute Gasteiger partial charge is 0.220 e. The largest absolute Gasteiger partial charge is 0.382 e. The first kappa shape index (κ1) is 13.6. The molecule has 1 aromatic carbocycles. The average molecular weight is 278 g/mol. The molecular weight excluding hydrogens is 262 g/mol. The predicted molar refractivity (Wildman–Crippen MR) is 79.1 cm³/mol. The van der Waals surface area contributed by atoms with Crippen LogP contribution in [0.4, 0.5) is 11.6 Å². The van der Waals surface area contributed by atoms with Crippen molar-refractivity contribution in [3.63, 3.8) is 0 Å². The zero-order valence-corrected chi connectivity index (χ0v) is 11.2. The molecule has 0 saturated heterocycles. The van der Waals surface area contributed by atoms with E-state index in [1.54, 1.807) is 6.20 Å². The zero-order valence-electron chi connectivity index (χ0n) is 10.4. The molecule has 0 unspecified atom stereocenters. The van der Waals surface area contributed by atoms with Crippen LogP contribution in [0.2, 0.25) is 5.02 Å². The topological polar surface area (TPSA) is 89.8 Å². The van der Waals surface area contributed by atoms with E-state index in [9.17, 15) is 0 Å². The van der Waals surface area contributed by atoms with Gasteiger partial charge in [-0.3, -0.25) is 0 Å². The van der Waals surface area contributed by atoms with E-state index < -0.39 is 0 Å². The molecule has 100 valence electrons. The second-order valence-corrected chi connectivity index (χ2v) is 4.45. The number of hydrogen-bond acceptors (Lipinski definition) is 5. The molecule has 2 aromatic rings. The van der Waals surface area contributed by atoms with Crippen LogP contribution in [0.25, 0.3) is 11.3 Å². The summed E-state index contributed by atoms with van der Waals surface area (Å²) in [7, 11) is 0. The van der Waals surface area contributed by atoms with E-state index in [2.05, 4.69) is 15.3 Å². The van der Waals surface area contributed by atoms with Gasteiger partial charge >= 0.3 is 0 Å². The van der Waals surface area contributed by atoms with E-state index in [1.165, 1.54) is 0 Å². The van der Waals surface area contributed by atoms with E-state index in [4.69, 9.17) is 23.1 Å². The number of aromatic nitrogens is 2. The second-order valence-electron chi connectivity index (χ2n) is 4.04. The highest BCUT2D eigenvalue weighted by atomic mass is 35.5. The standard InChI is InChI=1S/C13H16ClN5/c14-10-5-2-1-4-9(10)12-11(17-7-3-6-15)8-18-13(16)19-12/h1-2,4-5,8,17H,3,6-7,15H2,(H2,16,18,19). The molecule has 1 aromatic heterocycles. The van der Waals surface area contributed by atoms with Gasteiger partial charge in [0.15, 0.2) is 0 Å². The molecule has 0 aliphatic rings. The van der Waals surface area contributed by atoms with E-state index in [1.807, 2.05) is 24.3 Å². The third-order valence-corrected chi connectivity index (χ3v) is 2.96. The van der Waals surface area contributed by atoms with Gasteiger partial charge in [-0.1, -0.05) is 29.8 Å². The third kappa shape index (κ3) is 3.33. The Morgan fingerprint density at radius 1 is 1.26 bits per heavy atom.